The van der Waals surface area contributed by atoms with Gasteiger partial charge in [0.25, 0.3) is 29.1 Å². The van der Waals surface area contributed by atoms with Gasteiger partial charge in [0.05, 0.1) is 9.85 Å². The first kappa shape index (κ1) is 34.7. The number of benzene rings is 3. The predicted octanol–water partition coefficient (Wildman–Crippen LogP) is 8.30. The summed E-state index contributed by atoms with van der Waals surface area (Å²) in [7, 11) is 0. The molecule has 0 radical (unpaired) electrons. The number of hydrogen-bond donors (Lipinski definition) is 2. The molecule has 0 aromatic heterocycles. The van der Waals surface area contributed by atoms with Gasteiger partial charge in [-0.15, -0.1) is 0 Å². The number of nitrogens with zero attached hydrogens (tertiary/aromatic N) is 2. The fraction of sp³-hybridized carbons (Fsp3) is 0.333. The molecule has 8 nitrogen and oxygen atoms in total. The van der Waals surface area contributed by atoms with Crippen LogP contribution in [0.4, 0.5) is 49.1 Å². The minimum atomic E-state index is -3.37. The first-order chi connectivity index (χ1) is 18.5. The quantitative estimate of drug-likeness (QED) is 0.133. The molecule has 0 saturated heterocycles. The third kappa shape index (κ3) is 9.96. The van der Waals surface area contributed by atoms with Crippen molar-refractivity contribution in [1.29, 1.82) is 0 Å². The first-order valence-corrected chi connectivity index (χ1v) is 11.8. The lowest BCUT2D eigenvalue weighted by Gasteiger charge is -2.13. The van der Waals surface area contributed by atoms with E-state index in [0.29, 0.717) is 36.0 Å². The third-order valence-corrected chi connectivity index (χ3v) is 5.81. The second-order valence-electron chi connectivity index (χ2n) is 9.46. The molecule has 4 N–H and O–H groups in total. The van der Waals surface area contributed by atoms with Crippen molar-refractivity contribution in [2.45, 2.75) is 59.3 Å². The second kappa shape index (κ2) is 12.9. The van der Waals surface area contributed by atoms with E-state index in [1.165, 1.54) is 24.3 Å². The summed E-state index contributed by atoms with van der Waals surface area (Å²) in [5.74, 6) is -8.98. The van der Waals surface area contributed by atoms with Crippen LogP contribution in [0.15, 0.2) is 48.5 Å². The zero-order valence-corrected chi connectivity index (χ0v) is 23.1. The van der Waals surface area contributed by atoms with Gasteiger partial charge in [-0.2, -0.15) is 0 Å². The summed E-state index contributed by atoms with van der Waals surface area (Å²) in [6.07, 6.45) is 0. The summed E-state index contributed by atoms with van der Waals surface area (Å²) in [5.41, 5.74) is 10.8. The molecule has 3 aromatic carbocycles. The fourth-order valence-electron chi connectivity index (χ4n) is 3.18. The van der Waals surface area contributed by atoms with Crippen molar-refractivity contribution in [3.63, 3.8) is 0 Å². The maximum Gasteiger partial charge on any atom is 0.279 e. The number of nitrogens with two attached hydrogens (primary N) is 2. The van der Waals surface area contributed by atoms with Gasteiger partial charge in [0.15, 0.2) is 0 Å². The Morgan fingerprint density at radius 3 is 1.20 bits per heavy atom. The fourth-order valence-corrected chi connectivity index (χ4v) is 3.18. The Morgan fingerprint density at radius 2 is 0.902 bits per heavy atom. The van der Waals surface area contributed by atoms with Crippen LogP contribution in [-0.4, -0.2) is 9.85 Å². The molecule has 14 heteroatoms. The van der Waals surface area contributed by atoms with Crippen LogP contribution in [0.3, 0.4) is 0 Å². The number of hydrogen-bond acceptors (Lipinski definition) is 6. The minimum absolute atomic E-state index is 0.0723. The molecule has 0 atom stereocenters. The van der Waals surface area contributed by atoms with Crippen LogP contribution in [-0.2, 0) is 17.8 Å². The maximum atomic E-state index is 13.0. The van der Waals surface area contributed by atoms with E-state index in [1.807, 2.05) is 6.92 Å². The standard InChI is InChI=1S/C9H8F2N2O4.C9H12F2N2.C9H10F2/c1-5-7(12(14)15)3-6(9(2,10)11)4-8(5)13(16)17;1-5-7(12)3-6(4-8(5)13)9(2,10)11;1-7-3-5-8(6-4-7)9(2,10)11/h3-4H,1-2H3;3-4H,12-13H2,1-2H3;3-6H,1-2H3. The van der Waals surface area contributed by atoms with Crippen molar-refractivity contribution < 1.29 is 36.2 Å². The molecule has 0 aliphatic carbocycles. The molecule has 41 heavy (non-hydrogen) atoms. The number of nitrogen functional groups attached to an aromatic ring is 2. The van der Waals surface area contributed by atoms with Crippen LogP contribution in [0, 0.1) is 41.0 Å². The zero-order chi connectivity index (χ0) is 32.1. The summed E-state index contributed by atoms with van der Waals surface area (Å²) < 4.78 is 76.9. The zero-order valence-electron chi connectivity index (χ0n) is 23.1. The van der Waals surface area contributed by atoms with Crippen molar-refractivity contribution >= 4 is 22.7 Å². The Balaban J connectivity index is 0.000000316. The highest BCUT2D eigenvalue weighted by Crippen LogP contribution is 2.36. The van der Waals surface area contributed by atoms with Gasteiger partial charge < -0.3 is 11.5 Å². The van der Waals surface area contributed by atoms with Gasteiger partial charge in [-0.3, -0.25) is 20.2 Å². The van der Waals surface area contributed by atoms with Gasteiger partial charge in [0.2, 0.25) is 0 Å². The van der Waals surface area contributed by atoms with E-state index < -0.39 is 44.6 Å². The molecule has 0 aliphatic heterocycles. The lowest BCUT2D eigenvalue weighted by Crippen LogP contribution is -2.09. The topological polar surface area (TPSA) is 138 Å². The van der Waals surface area contributed by atoms with Crippen LogP contribution >= 0.6 is 0 Å². The van der Waals surface area contributed by atoms with Crippen LogP contribution in [0.2, 0.25) is 0 Å². The Kier molecular flexibility index (Phi) is 10.9. The summed E-state index contributed by atoms with van der Waals surface area (Å²) in [6, 6.07) is 10.1. The van der Waals surface area contributed by atoms with Crippen LogP contribution in [0.1, 0.15) is 54.2 Å². The Morgan fingerprint density at radius 1 is 0.585 bits per heavy atom. The van der Waals surface area contributed by atoms with E-state index in [4.69, 9.17) is 11.5 Å². The van der Waals surface area contributed by atoms with E-state index >= 15 is 0 Å². The average molecular weight is 589 g/mol. The number of anilines is 2. The molecule has 0 bridgehead atoms. The highest BCUT2D eigenvalue weighted by atomic mass is 19.3. The van der Waals surface area contributed by atoms with Crippen molar-refractivity contribution in [3.8, 4) is 0 Å². The van der Waals surface area contributed by atoms with Gasteiger partial charge in [0, 0.05) is 61.0 Å². The molecule has 0 aliphatic rings. The maximum absolute atomic E-state index is 13.0. The molecule has 0 fully saturated rings. The van der Waals surface area contributed by atoms with Crippen molar-refractivity contribution in [3.05, 3.63) is 102 Å². The summed E-state index contributed by atoms with van der Waals surface area (Å²) in [4.78, 5) is 19.4. The Labute approximate surface area is 232 Å². The molecule has 0 saturated carbocycles. The van der Waals surface area contributed by atoms with Crippen LogP contribution in [0.5, 0.6) is 0 Å². The number of rotatable bonds is 5. The first-order valence-electron chi connectivity index (χ1n) is 11.8. The number of nitro benzene ring substituents is 2. The number of nitro groups is 2. The summed E-state index contributed by atoms with van der Waals surface area (Å²) >= 11 is 0. The largest absolute Gasteiger partial charge is 0.398 e. The number of alkyl halides is 6. The lowest BCUT2D eigenvalue weighted by atomic mass is 10.0. The molecule has 0 spiro atoms. The Hall–Kier alpha value is -4.36. The van der Waals surface area contributed by atoms with Crippen molar-refractivity contribution in [2.75, 3.05) is 11.5 Å². The molecular weight excluding hydrogens is 558 g/mol. The summed E-state index contributed by atoms with van der Waals surface area (Å²) in [6.45, 7) is 6.95. The molecule has 0 amide bonds. The number of halogens is 6. The van der Waals surface area contributed by atoms with Gasteiger partial charge in [-0.25, -0.2) is 26.3 Å². The number of aryl methyl sites for hydroxylation is 1. The molecular formula is C27H30F6N4O4. The smallest absolute Gasteiger partial charge is 0.279 e. The van der Waals surface area contributed by atoms with Crippen molar-refractivity contribution in [1.82, 2.24) is 0 Å². The van der Waals surface area contributed by atoms with Crippen LogP contribution < -0.4 is 11.5 Å². The van der Waals surface area contributed by atoms with E-state index in [2.05, 4.69) is 0 Å². The normalized spacial score (nSPS) is 11.5. The SMILES string of the molecule is Cc1c(N)cc(C(C)(F)F)cc1N.Cc1c([N+](=O)[O-])cc(C(C)(F)F)cc1[N+](=O)[O-].Cc1ccc(C(C)(F)F)cc1. The van der Waals surface area contributed by atoms with Gasteiger partial charge in [0.1, 0.15) is 5.56 Å². The monoisotopic (exact) mass is 588 g/mol. The van der Waals surface area contributed by atoms with E-state index in [0.717, 1.165) is 26.3 Å². The molecule has 224 valence electrons. The van der Waals surface area contributed by atoms with Gasteiger partial charge >= 0.3 is 0 Å². The van der Waals surface area contributed by atoms with Crippen molar-refractivity contribution in [2.24, 2.45) is 0 Å². The molecule has 3 rings (SSSR count). The van der Waals surface area contributed by atoms with Crippen LogP contribution in [0.25, 0.3) is 0 Å². The minimum Gasteiger partial charge on any atom is -0.398 e. The molecule has 0 unspecified atom stereocenters. The highest BCUT2D eigenvalue weighted by Gasteiger charge is 2.32. The van der Waals surface area contributed by atoms with Gasteiger partial charge in [-0.05, 0) is 38.5 Å². The van der Waals surface area contributed by atoms with Gasteiger partial charge in [-0.1, -0.05) is 29.8 Å². The highest BCUT2D eigenvalue weighted by molar-refractivity contribution is 5.63. The van der Waals surface area contributed by atoms with E-state index in [1.54, 1.807) is 19.1 Å². The third-order valence-electron chi connectivity index (χ3n) is 5.81. The molecule has 0 heterocycles. The average Bonchev–Trinajstić information content (AvgIpc) is 2.81. The lowest BCUT2D eigenvalue weighted by molar-refractivity contribution is -0.395. The Bertz CT molecular complexity index is 1340. The van der Waals surface area contributed by atoms with E-state index in [9.17, 15) is 46.6 Å². The summed E-state index contributed by atoms with van der Waals surface area (Å²) in [5, 5.41) is 21.2. The van der Waals surface area contributed by atoms with E-state index in [-0.39, 0.29) is 16.7 Å². The molecule has 3 aromatic rings. The predicted molar refractivity (Wildman–Crippen MR) is 144 cm³/mol. The second-order valence-corrected chi connectivity index (χ2v) is 9.46.